The summed E-state index contributed by atoms with van der Waals surface area (Å²) in [6.07, 6.45) is 1.70. The molecule has 0 aromatic carbocycles. The van der Waals surface area contributed by atoms with E-state index in [4.69, 9.17) is 5.11 Å². The molecule has 2 heterocycles. The summed E-state index contributed by atoms with van der Waals surface area (Å²) in [5.74, 6) is -0.560. The number of hydrogen-bond acceptors (Lipinski definition) is 4. The van der Waals surface area contributed by atoms with E-state index in [0.717, 1.165) is 25.2 Å². The smallest absolute Gasteiger partial charge is 0.306 e. The van der Waals surface area contributed by atoms with Gasteiger partial charge in [0, 0.05) is 24.3 Å². The van der Waals surface area contributed by atoms with Crippen molar-refractivity contribution in [1.82, 2.24) is 9.88 Å². The lowest BCUT2D eigenvalue weighted by Gasteiger charge is -2.07. The van der Waals surface area contributed by atoms with Gasteiger partial charge in [-0.2, -0.15) is 0 Å². The van der Waals surface area contributed by atoms with Gasteiger partial charge in [-0.1, -0.05) is 6.92 Å². The van der Waals surface area contributed by atoms with Gasteiger partial charge in [0.05, 0.1) is 16.6 Å². The predicted octanol–water partition coefficient (Wildman–Crippen LogP) is 1.83. The van der Waals surface area contributed by atoms with Crippen LogP contribution < -0.4 is 0 Å². The van der Waals surface area contributed by atoms with Gasteiger partial charge >= 0.3 is 5.97 Å². The van der Waals surface area contributed by atoms with E-state index in [-0.39, 0.29) is 5.92 Å². The molecule has 1 aliphatic rings. The molecule has 1 aliphatic heterocycles. The van der Waals surface area contributed by atoms with Crippen molar-refractivity contribution in [2.24, 2.45) is 5.92 Å². The molecule has 4 nitrogen and oxygen atoms in total. The van der Waals surface area contributed by atoms with E-state index in [1.807, 2.05) is 5.38 Å². The third-order valence-electron chi connectivity index (χ3n) is 3.25. The first-order valence-corrected chi connectivity index (χ1v) is 6.80. The van der Waals surface area contributed by atoms with E-state index in [2.05, 4.69) is 16.9 Å². The second kappa shape index (κ2) is 5.14. The van der Waals surface area contributed by atoms with Crippen LogP contribution in [0.4, 0.5) is 0 Å². The SMILES string of the molecule is CC(Cc1csc(C2CCN(C)C2)n1)C(=O)O. The van der Waals surface area contributed by atoms with Crippen molar-refractivity contribution in [1.29, 1.82) is 0 Å². The van der Waals surface area contributed by atoms with Crippen molar-refractivity contribution in [3.63, 3.8) is 0 Å². The number of hydrogen-bond donors (Lipinski definition) is 1. The quantitative estimate of drug-likeness (QED) is 0.890. The lowest BCUT2D eigenvalue weighted by molar-refractivity contribution is -0.141. The third kappa shape index (κ3) is 3.04. The minimum Gasteiger partial charge on any atom is -0.481 e. The highest BCUT2D eigenvalue weighted by Gasteiger charge is 2.24. The molecule has 1 aromatic rings. The molecule has 94 valence electrons. The Balaban J connectivity index is 1.98. The van der Waals surface area contributed by atoms with Crippen molar-refractivity contribution >= 4 is 17.3 Å². The zero-order valence-electron chi connectivity index (χ0n) is 10.2. The maximum Gasteiger partial charge on any atom is 0.306 e. The van der Waals surface area contributed by atoms with E-state index in [0.29, 0.717) is 12.3 Å². The molecule has 1 aromatic heterocycles. The van der Waals surface area contributed by atoms with Crippen LogP contribution in [0.25, 0.3) is 0 Å². The summed E-state index contributed by atoms with van der Waals surface area (Å²) in [5, 5.41) is 12.0. The summed E-state index contributed by atoms with van der Waals surface area (Å²) in [6.45, 7) is 3.93. The molecule has 0 bridgehead atoms. The summed E-state index contributed by atoms with van der Waals surface area (Å²) in [7, 11) is 2.13. The summed E-state index contributed by atoms with van der Waals surface area (Å²) in [6, 6.07) is 0. The standard InChI is InChI=1S/C12H18N2O2S/c1-8(12(15)16)5-10-7-17-11(13-10)9-3-4-14(2)6-9/h7-9H,3-6H2,1-2H3,(H,15,16). The average molecular weight is 254 g/mol. The molecule has 0 amide bonds. The number of carbonyl (C=O) groups is 1. The number of likely N-dealkylation sites (N-methyl/N-ethyl adjacent to an activating group) is 1. The fraction of sp³-hybridized carbons (Fsp3) is 0.667. The Bertz CT molecular complexity index is 405. The van der Waals surface area contributed by atoms with Crippen molar-refractivity contribution < 1.29 is 9.90 Å². The van der Waals surface area contributed by atoms with Crippen LogP contribution in [-0.4, -0.2) is 41.1 Å². The number of aromatic nitrogens is 1. The van der Waals surface area contributed by atoms with Crippen molar-refractivity contribution in [3.05, 3.63) is 16.1 Å². The Kier molecular flexibility index (Phi) is 3.79. The number of carboxylic acid groups (broad SMARTS) is 1. The summed E-state index contributed by atoms with van der Waals surface area (Å²) in [4.78, 5) is 17.7. The van der Waals surface area contributed by atoms with Crippen LogP contribution >= 0.6 is 11.3 Å². The van der Waals surface area contributed by atoms with Crippen molar-refractivity contribution in [2.75, 3.05) is 20.1 Å². The first-order valence-electron chi connectivity index (χ1n) is 5.92. The predicted molar refractivity (Wildman–Crippen MR) is 67.5 cm³/mol. The topological polar surface area (TPSA) is 53.4 Å². The zero-order valence-corrected chi connectivity index (χ0v) is 11.0. The normalized spacial score (nSPS) is 22.8. The molecule has 5 heteroatoms. The molecular weight excluding hydrogens is 236 g/mol. The van der Waals surface area contributed by atoms with Crippen LogP contribution in [0.1, 0.15) is 30.0 Å². The van der Waals surface area contributed by atoms with Gasteiger partial charge < -0.3 is 10.0 Å². The lowest BCUT2D eigenvalue weighted by Crippen LogP contribution is -2.14. The van der Waals surface area contributed by atoms with E-state index in [9.17, 15) is 4.79 Å². The van der Waals surface area contributed by atoms with E-state index in [1.54, 1.807) is 18.3 Å². The molecule has 0 aliphatic carbocycles. The van der Waals surface area contributed by atoms with Crippen LogP contribution in [0.2, 0.25) is 0 Å². The number of carboxylic acids is 1. The lowest BCUT2D eigenvalue weighted by atomic mass is 10.1. The number of thiazole rings is 1. The maximum absolute atomic E-state index is 10.8. The highest BCUT2D eigenvalue weighted by atomic mass is 32.1. The third-order valence-corrected chi connectivity index (χ3v) is 4.30. The number of aliphatic carboxylic acids is 1. The highest BCUT2D eigenvalue weighted by Crippen LogP contribution is 2.29. The zero-order chi connectivity index (χ0) is 12.4. The molecule has 2 unspecified atom stereocenters. The first-order chi connectivity index (χ1) is 8.06. The van der Waals surface area contributed by atoms with Gasteiger partial charge in [0.1, 0.15) is 0 Å². The van der Waals surface area contributed by atoms with E-state index < -0.39 is 5.97 Å². The molecular formula is C12H18N2O2S. The minimum atomic E-state index is -0.750. The highest BCUT2D eigenvalue weighted by molar-refractivity contribution is 7.09. The van der Waals surface area contributed by atoms with Crippen LogP contribution in [0.5, 0.6) is 0 Å². The van der Waals surface area contributed by atoms with Crippen molar-refractivity contribution in [3.8, 4) is 0 Å². The molecule has 1 fully saturated rings. The Morgan fingerprint density at radius 3 is 3.12 bits per heavy atom. The maximum atomic E-state index is 10.8. The summed E-state index contributed by atoms with van der Waals surface area (Å²) >= 11 is 1.67. The van der Waals surface area contributed by atoms with Gasteiger partial charge in [-0.25, -0.2) is 4.98 Å². The average Bonchev–Trinajstić information content (AvgIpc) is 2.86. The molecule has 1 saturated heterocycles. The van der Waals surface area contributed by atoms with Gasteiger partial charge in [-0.05, 0) is 20.0 Å². The van der Waals surface area contributed by atoms with Crippen molar-refractivity contribution in [2.45, 2.75) is 25.7 Å². The fourth-order valence-corrected chi connectivity index (χ4v) is 3.10. The minimum absolute atomic E-state index is 0.351. The van der Waals surface area contributed by atoms with Gasteiger partial charge in [-0.3, -0.25) is 4.79 Å². The Morgan fingerprint density at radius 1 is 1.76 bits per heavy atom. The van der Waals surface area contributed by atoms with Crippen LogP contribution in [0.3, 0.4) is 0 Å². The summed E-state index contributed by atoms with van der Waals surface area (Å²) in [5.41, 5.74) is 0.925. The Hall–Kier alpha value is -0.940. The van der Waals surface area contributed by atoms with Gasteiger partial charge in [0.15, 0.2) is 0 Å². The molecule has 1 N–H and O–H groups in total. The monoisotopic (exact) mass is 254 g/mol. The second-order valence-electron chi connectivity index (χ2n) is 4.87. The summed E-state index contributed by atoms with van der Waals surface area (Å²) < 4.78 is 0. The van der Waals surface area contributed by atoms with Gasteiger partial charge in [-0.15, -0.1) is 11.3 Å². The number of likely N-dealkylation sites (tertiary alicyclic amines) is 1. The van der Waals surface area contributed by atoms with Crippen LogP contribution in [0.15, 0.2) is 5.38 Å². The fourth-order valence-electron chi connectivity index (χ4n) is 2.14. The number of rotatable bonds is 4. The molecule has 2 rings (SSSR count). The molecule has 0 saturated carbocycles. The Morgan fingerprint density at radius 2 is 2.53 bits per heavy atom. The van der Waals surface area contributed by atoms with Crippen LogP contribution in [-0.2, 0) is 11.2 Å². The molecule has 0 spiro atoms. The van der Waals surface area contributed by atoms with E-state index in [1.165, 1.54) is 5.01 Å². The first kappa shape index (κ1) is 12.5. The largest absolute Gasteiger partial charge is 0.481 e. The van der Waals surface area contributed by atoms with E-state index >= 15 is 0 Å². The Labute approximate surface area is 105 Å². The molecule has 17 heavy (non-hydrogen) atoms. The second-order valence-corrected chi connectivity index (χ2v) is 5.76. The molecule has 0 radical (unpaired) electrons. The van der Waals surface area contributed by atoms with Crippen LogP contribution in [0, 0.1) is 5.92 Å². The van der Waals surface area contributed by atoms with Gasteiger partial charge in [0.25, 0.3) is 0 Å². The molecule has 2 atom stereocenters. The van der Waals surface area contributed by atoms with Gasteiger partial charge in [0.2, 0.25) is 0 Å². The number of nitrogens with zero attached hydrogens (tertiary/aromatic N) is 2.